The Kier molecular flexibility index (Phi) is 3.54. The van der Waals surface area contributed by atoms with E-state index in [0.29, 0.717) is 0 Å². The van der Waals surface area contributed by atoms with E-state index in [1.54, 1.807) is 0 Å². The first-order valence-electron chi connectivity index (χ1n) is 5.80. The van der Waals surface area contributed by atoms with E-state index in [9.17, 15) is 4.79 Å². The number of nitrogens with one attached hydrogen (secondary N) is 1. The molecule has 3 heteroatoms. The summed E-state index contributed by atoms with van der Waals surface area (Å²) in [5, 5.41) is 3.38. The molecule has 80 valence electrons. The first-order valence-corrected chi connectivity index (χ1v) is 5.80. The van der Waals surface area contributed by atoms with Crippen molar-refractivity contribution in [3.8, 4) is 0 Å². The maximum Gasteiger partial charge on any atom is 0.137 e. The largest absolute Gasteiger partial charge is 0.317 e. The van der Waals surface area contributed by atoms with Gasteiger partial charge in [0.15, 0.2) is 0 Å². The molecule has 0 spiro atoms. The zero-order valence-electron chi connectivity index (χ0n) is 8.74. The lowest BCUT2D eigenvalue weighted by Gasteiger charge is -2.29. The molecule has 0 radical (unpaired) electrons. The molecular formula is C11H20N2O. The van der Waals surface area contributed by atoms with Crippen molar-refractivity contribution in [3.05, 3.63) is 0 Å². The molecule has 0 unspecified atom stereocenters. The molecule has 2 aliphatic heterocycles. The van der Waals surface area contributed by atoms with E-state index in [-0.39, 0.29) is 6.04 Å². The molecule has 2 rings (SSSR count). The Balaban J connectivity index is 1.80. The molecule has 0 bridgehead atoms. The Morgan fingerprint density at radius 2 is 2.07 bits per heavy atom. The quantitative estimate of drug-likeness (QED) is 0.673. The fourth-order valence-corrected chi connectivity index (χ4v) is 2.63. The van der Waals surface area contributed by atoms with Gasteiger partial charge >= 0.3 is 0 Å². The predicted octanol–water partition coefficient (Wildman–Crippen LogP) is 0.649. The van der Waals surface area contributed by atoms with Crippen LogP contribution in [0.2, 0.25) is 0 Å². The molecule has 2 saturated heterocycles. The van der Waals surface area contributed by atoms with Crippen molar-refractivity contribution < 1.29 is 4.79 Å². The van der Waals surface area contributed by atoms with E-state index >= 15 is 0 Å². The van der Waals surface area contributed by atoms with Gasteiger partial charge < -0.3 is 10.1 Å². The molecule has 2 fully saturated rings. The van der Waals surface area contributed by atoms with E-state index in [0.717, 1.165) is 44.8 Å². The third-order valence-corrected chi connectivity index (χ3v) is 3.52. The van der Waals surface area contributed by atoms with Crippen LogP contribution in [0.5, 0.6) is 0 Å². The molecule has 2 aliphatic rings. The van der Waals surface area contributed by atoms with Gasteiger partial charge in [-0.05, 0) is 51.2 Å². The summed E-state index contributed by atoms with van der Waals surface area (Å²) in [5.41, 5.74) is 0. The van der Waals surface area contributed by atoms with Gasteiger partial charge in [-0.1, -0.05) is 0 Å². The first-order chi connectivity index (χ1) is 6.90. The van der Waals surface area contributed by atoms with Crippen LogP contribution in [0.25, 0.3) is 0 Å². The Hall–Kier alpha value is -0.410. The molecule has 14 heavy (non-hydrogen) atoms. The lowest BCUT2D eigenvalue weighted by molar-refractivity contribution is -0.111. The monoisotopic (exact) mass is 196 g/mol. The summed E-state index contributed by atoms with van der Waals surface area (Å²) in [5.74, 6) is 0.816. The van der Waals surface area contributed by atoms with Crippen LogP contribution in [0.15, 0.2) is 0 Å². The standard InChI is InChI=1S/C11H20N2O/c14-9-11-2-1-7-13(11)8-10-3-5-12-6-4-10/h9-12H,1-8H2/t11-/m0/s1. The van der Waals surface area contributed by atoms with Gasteiger partial charge in [0, 0.05) is 6.54 Å². The molecule has 1 N–H and O–H groups in total. The van der Waals surface area contributed by atoms with Gasteiger partial charge in [-0.15, -0.1) is 0 Å². The zero-order chi connectivity index (χ0) is 9.80. The smallest absolute Gasteiger partial charge is 0.137 e. The highest BCUT2D eigenvalue weighted by atomic mass is 16.1. The average Bonchev–Trinajstić information content (AvgIpc) is 2.67. The van der Waals surface area contributed by atoms with Crippen molar-refractivity contribution in [2.45, 2.75) is 31.7 Å². The number of hydrogen-bond donors (Lipinski definition) is 1. The Labute approximate surface area is 85.8 Å². The van der Waals surface area contributed by atoms with Crippen LogP contribution in [-0.2, 0) is 4.79 Å². The summed E-state index contributed by atoms with van der Waals surface area (Å²) in [6.07, 6.45) is 5.97. The number of likely N-dealkylation sites (tertiary alicyclic amines) is 1. The fraction of sp³-hybridized carbons (Fsp3) is 0.909. The molecule has 0 aromatic heterocycles. The molecule has 2 heterocycles. The van der Waals surface area contributed by atoms with Crippen LogP contribution in [0.3, 0.4) is 0 Å². The van der Waals surface area contributed by atoms with E-state index in [1.165, 1.54) is 19.3 Å². The minimum Gasteiger partial charge on any atom is -0.317 e. The van der Waals surface area contributed by atoms with Gasteiger partial charge in [0.05, 0.1) is 6.04 Å². The first kappa shape index (κ1) is 10.1. The van der Waals surface area contributed by atoms with Gasteiger partial charge in [0.25, 0.3) is 0 Å². The van der Waals surface area contributed by atoms with E-state index in [4.69, 9.17) is 0 Å². The summed E-state index contributed by atoms with van der Waals surface area (Å²) in [6, 6.07) is 0.227. The predicted molar refractivity (Wildman–Crippen MR) is 56.3 cm³/mol. The molecule has 1 atom stereocenters. The van der Waals surface area contributed by atoms with Gasteiger partial charge in [-0.2, -0.15) is 0 Å². The van der Waals surface area contributed by atoms with Crippen molar-refractivity contribution >= 4 is 6.29 Å². The summed E-state index contributed by atoms with van der Waals surface area (Å²) in [6.45, 7) is 4.59. The number of piperidine rings is 1. The van der Waals surface area contributed by atoms with Crippen LogP contribution in [0.4, 0.5) is 0 Å². The van der Waals surface area contributed by atoms with Crippen molar-refractivity contribution in [2.75, 3.05) is 26.2 Å². The third-order valence-electron chi connectivity index (χ3n) is 3.52. The average molecular weight is 196 g/mol. The minimum absolute atomic E-state index is 0.227. The van der Waals surface area contributed by atoms with E-state index < -0.39 is 0 Å². The fourth-order valence-electron chi connectivity index (χ4n) is 2.63. The maximum absolute atomic E-state index is 10.8. The lowest BCUT2D eigenvalue weighted by atomic mass is 9.97. The Morgan fingerprint density at radius 1 is 1.29 bits per heavy atom. The summed E-state index contributed by atoms with van der Waals surface area (Å²) < 4.78 is 0. The van der Waals surface area contributed by atoms with Gasteiger partial charge in [0.1, 0.15) is 6.29 Å². The third kappa shape index (κ3) is 2.34. The number of hydrogen-bond acceptors (Lipinski definition) is 3. The second-order valence-electron chi connectivity index (χ2n) is 4.53. The topological polar surface area (TPSA) is 32.3 Å². The molecule has 0 aromatic carbocycles. The van der Waals surface area contributed by atoms with Crippen LogP contribution in [-0.4, -0.2) is 43.4 Å². The lowest BCUT2D eigenvalue weighted by Crippen LogP contribution is -2.39. The Morgan fingerprint density at radius 3 is 2.79 bits per heavy atom. The normalized spacial score (nSPS) is 30.7. The van der Waals surface area contributed by atoms with Crippen LogP contribution >= 0.6 is 0 Å². The maximum atomic E-state index is 10.8. The van der Waals surface area contributed by atoms with Crippen molar-refractivity contribution in [2.24, 2.45) is 5.92 Å². The van der Waals surface area contributed by atoms with Gasteiger partial charge in [-0.25, -0.2) is 0 Å². The number of aldehydes is 1. The SMILES string of the molecule is O=C[C@@H]1CCCN1CC1CCNCC1. The number of carbonyl (C=O) groups is 1. The summed E-state index contributed by atoms with van der Waals surface area (Å²) in [4.78, 5) is 13.2. The van der Waals surface area contributed by atoms with Crippen molar-refractivity contribution in [1.29, 1.82) is 0 Å². The molecule has 0 aliphatic carbocycles. The molecule has 0 amide bonds. The molecule has 0 saturated carbocycles. The van der Waals surface area contributed by atoms with Gasteiger partial charge in [0.2, 0.25) is 0 Å². The van der Waals surface area contributed by atoms with Crippen molar-refractivity contribution in [1.82, 2.24) is 10.2 Å². The van der Waals surface area contributed by atoms with Crippen LogP contribution in [0, 0.1) is 5.92 Å². The Bertz CT molecular complexity index is 190. The second-order valence-corrected chi connectivity index (χ2v) is 4.53. The molecule has 3 nitrogen and oxygen atoms in total. The molecular weight excluding hydrogens is 176 g/mol. The minimum atomic E-state index is 0.227. The molecule has 0 aromatic rings. The number of rotatable bonds is 3. The number of carbonyl (C=O) groups excluding carboxylic acids is 1. The van der Waals surface area contributed by atoms with Crippen LogP contribution < -0.4 is 5.32 Å². The van der Waals surface area contributed by atoms with Crippen molar-refractivity contribution in [3.63, 3.8) is 0 Å². The highest BCUT2D eigenvalue weighted by molar-refractivity contribution is 5.58. The summed E-state index contributed by atoms with van der Waals surface area (Å²) >= 11 is 0. The van der Waals surface area contributed by atoms with Gasteiger partial charge in [-0.3, -0.25) is 4.90 Å². The highest BCUT2D eigenvalue weighted by Crippen LogP contribution is 2.20. The zero-order valence-corrected chi connectivity index (χ0v) is 8.74. The summed E-state index contributed by atoms with van der Waals surface area (Å²) in [7, 11) is 0. The van der Waals surface area contributed by atoms with E-state index in [1.807, 2.05) is 0 Å². The van der Waals surface area contributed by atoms with Crippen LogP contribution in [0.1, 0.15) is 25.7 Å². The second kappa shape index (κ2) is 4.89. The highest BCUT2D eigenvalue weighted by Gasteiger charge is 2.26. The van der Waals surface area contributed by atoms with E-state index in [2.05, 4.69) is 10.2 Å². The number of nitrogens with zero attached hydrogens (tertiary/aromatic N) is 1.